The van der Waals surface area contributed by atoms with Gasteiger partial charge in [-0.1, -0.05) is 6.92 Å². The lowest BCUT2D eigenvalue weighted by atomic mass is 10.0. The van der Waals surface area contributed by atoms with Gasteiger partial charge >= 0.3 is 5.97 Å². The molecule has 3 nitrogen and oxygen atoms in total. The van der Waals surface area contributed by atoms with E-state index >= 15 is 0 Å². The van der Waals surface area contributed by atoms with Crippen LogP contribution in [0.15, 0.2) is 0 Å². The normalized spacial score (nSPS) is 29.7. The van der Waals surface area contributed by atoms with Gasteiger partial charge in [0.05, 0.1) is 6.42 Å². The molecule has 3 heteroatoms. The molecule has 0 radical (unpaired) electrons. The lowest BCUT2D eigenvalue weighted by Crippen LogP contribution is -2.32. The van der Waals surface area contributed by atoms with E-state index in [1.165, 1.54) is 32.4 Å². The van der Waals surface area contributed by atoms with Crippen LogP contribution in [0.4, 0.5) is 0 Å². The second-order valence-electron chi connectivity index (χ2n) is 5.88. The van der Waals surface area contributed by atoms with Crippen LogP contribution in [0, 0.1) is 11.3 Å². The van der Waals surface area contributed by atoms with E-state index in [0.717, 1.165) is 25.3 Å². The van der Waals surface area contributed by atoms with Gasteiger partial charge in [0.2, 0.25) is 0 Å². The van der Waals surface area contributed by atoms with Crippen molar-refractivity contribution in [3.63, 3.8) is 0 Å². The van der Waals surface area contributed by atoms with Crippen LogP contribution in [-0.4, -0.2) is 35.6 Å². The van der Waals surface area contributed by atoms with Crippen LogP contribution in [0.5, 0.6) is 0 Å². The Bertz CT molecular complexity index is 261. The summed E-state index contributed by atoms with van der Waals surface area (Å²) in [4.78, 5) is 13.3. The molecule has 2 aliphatic rings. The van der Waals surface area contributed by atoms with Crippen molar-refractivity contribution in [2.45, 2.75) is 45.4 Å². The summed E-state index contributed by atoms with van der Waals surface area (Å²) < 4.78 is 0. The van der Waals surface area contributed by atoms with Gasteiger partial charge in [-0.25, -0.2) is 0 Å². The maximum atomic E-state index is 10.8. The molecular weight excluding hydrogens is 202 g/mol. The minimum absolute atomic E-state index is 0.138. The van der Waals surface area contributed by atoms with Gasteiger partial charge in [0.15, 0.2) is 0 Å². The Labute approximate surface area is 97.8 Å². The highest BCUT2D eigenvalue weighted by Crippen LogP contribution is 2.49. The predicted octanol–water partition coefficient (Wildman–Crippen LogP) is 2.36. The van der Waals surface area contributed by atoms with E-state index in [4.69, 9.17) is 5.11 Å². The van der Waals surface area contributed by atoms with E-state index < -0.39 is 5.97 Å². The summed E-state index contributed by atoms with van der Waals surface area (Å²) in [6.45, 7) is 5.69. The van der Waals surface area contributed by atoms with Crippen molar-refractivity contribution < 1.29 is 9.90 Å². The van der Waals surface area contributed by atoms with Crippen LogP contribution in [0.1, 0.15) is 45.4 Å². The molecule has 1 saturated heterocycles. The van der Waals surface area contributed by atoms with Crippen LogP contribution in [0.3, 0.4) is 0 Å². The van der Waals surface area contributed by atoms with Gasteiger partial charge in [-0.3, -0.25) is 4.79 Å². The second kappa shape index (κ2) is 4.74. The zero-order chi connectivity index (χ0) is 11.6. The summed E-state index contributed by atoms with van der Waals surface area (Å²) in [7, 11) is 0. The first-order valence-corrected chi connectivity index (χ1v) is 6.54. The number of aliphatic carboxylic acids is 1. The molecule has 0 aromatic carbocycles. The van der Waals surface area contributed by atoms with Crippen LogP contribution in [-0.2, 0) is 4.79 Å². The van der Waals surface area contributed by atoms with Crippen molar-refractivity contribution in [1.82, 2.24) is 4.90 Å². The molecule has 0 spiro atoms. The van der Waals surface area contributed by atoms with Gasteiger partial charge in [0.25, 0.3) is 0 Å². The van der Waals surface area contributed by atoms with E-state index in [-0.39, 0.29) is 5.41 Å². The van der Waals surface area contributed by atoms with Crippen LogP contribution in [0.2, 0.25) is 0 Å². The summed E-state index contributed by atoms with van der Waals surface area (Å²) >= 11 is 0. The molecular formula is C13H23NO2. The smallest absolute Gasteiger partial charge is 0.303 e. The fourth-order valence-corrected chi connectivity index (χ4v) is 2.84. The number of rotatable bonds is 4. The zero-order valence-electron chi connectivity index (χ0n) is 10.2. The summed E-state index contributed by atoms with van der Waals surface area (Å²) in [6.07, 6.45) is 6.51. The lowest BCUT2D eigenvalue weighted by molar-refractivity contribution is -0.138. The molecule has 1 unspecified atom stereocenters. The fourth-order valence-electron chi connectivity index (χ4n) is 2.84. The van der Waals surface area contributed by atoms with Crippen molar-refractivity contribution in [2.24, 2.45) is 11.3 Å². The van der Waals surface area contributed by atoms with E-state index in [1.54, 1.807) is 0 Å². The molecule has 0 bridgehead atoms. The Morgan fingerprint density at radius 3 is 2.75 bits per heavy atom. The highest BCUT2D eigenvalue weighted by molar-refractivity contribution is 5.68. The molecule has 2 rings (SSSR count). The van der Waals surface area contributed by atoms with E-state index in [1.807, 2.05) is 0 Å². The third-order valence-corrected chi connectivity index (χ3v) is 4.15. The van der Waals surface area contributed by atoms with E-state index in [9.17, 15) is 4.79 Å². The topological polar surface area (TPSA) is 40.5 Å². The summed E-state index contributed by atoms with van der Waals surface area (Å²) in [5.41, 5.74) is 0.138. The van der Waals surface area contributed by atoms with Crippen molar-refractivity contribution in [3.8, 4) is 0 Å². The summed E-state index contributed by atoms with van der Waals surface area (Å²) in [6, 6.07) is 0. The SMILES string of the molecule is CC1CCCN(CC2(CC(=O)O)CC2)CC1. The molecule has 0 amide bonds. The molecule has 92 valence electrons. The fraction of sp³-hybridized carbons (Fsp3) is 0.923. The molecule has 1 N–H and O–H groups in total. The minimum Gasteiger partial charge on any atom is -0.481 e. The largest absolute Gasteiger partial charge is 0.481 e. The van der Waals surface area contributed by atoms with Gasteiger partial charge in [0, 0.05) is 6.54 Å². The van der Waals surface area contributed by atoms with Crippen molar-refractivity contribution in [1.29, 1.82) is 0 Å². The number of hydrogen-bond acceptors (Lipinski definition) is 2. The molecule has 16 heavy (non-hydrogen) atoms. The maximum Gasteiger partial charge on any atom is 0.303 e. The third kappa shape index (κ3) is 3.21. The highest BCUT2D eigenvalue weighted by Gasteiger charge is 2.45. The molecule has 0 aromatic rings. The van der Waals surface area contributed by atoms with Gasteiger partial charge < -0.3 is 10.0 Å². The Morgan fingerprint density at radius 2 is 2.12 bits per heavy atom. The molecule has 1 aliphatic heterocycles. The Balaban J connectivity index is 1.82. The third-order valence-electron chi connectivity index (χ3n) is 4.15. The molecule has 1 atom stereocenters. The monoisotopic (exact) mass is 225 g/mol. The Morgan fingerprint density at radius 1 is 1.38 bits per heavy atom. The second-order valence-corrected chi connectivity index (χ2v) is 5.88. The highest BCUT2D eigenvalue weighted by atomic mass is 16.4. The van der Waals surface area contributed by atoms with Crippen LogP contribution >= 0.6 is 0 Å². The Kier molecular flexibility index (Phi) is 3.53. The first-order valence-electron chi connectivity index (χ1n) is 6.54. The lowest BCUT2D eigenvalue weighted by Gasteiger charge is -2.25. The maximum absolute atomic E-state index is 10.8. The van der Waals surface area contributed by atoms with E-state index in [2.05, 4.69) is 11.8 Å². The zero-order valence-corrected chi connectivity index (χ0v) is 10.2. The van der Waals surface area contributed by atoms with E-state index in [0.29, 0.717) is 6.42 Å². The van der Waals surface area contributed by atoms with Crippen LogP contribution in [0.25, 0.3) is 0 Å². The first-order chi connectivity index (χ1) is 7.60. The van der Waals surface area contributed by atoms with Gasteiger partial charge in [0.1, 0.15) is 0 Å². The van der Waals surface area contributed by atoms with Crippen molar-refractivity contribution >= 4 is 5.97 Å². The molecule has 1 saturated carbocycles. The van der Waals surface area contributed by atoms with Gasteiger partial charge in [-0.2, -0.15) is 0 Å². The van der Waals surface area contributed by atoms with Crippen molar-refractivity contribution in [3.05, 3.63) is 0 Å². The molecule has 1 heterocycles. The number of carboxylic acid groups (broad SMARTS) is 1. The average Bonchev–Trinajstić information content (AvgIpc) is 2.94. The number of carbonyl (C=O) groups is 1. The molecule has 0 aromatic heterocycles. The number of hydrogen-bond donors (Lipinski definition) is 1. The Hall–Kier alpha value is -0.570. The first kappa shape index (κ1) is 11.9. The quantitative estimate of drug-likeness (QED) is 0.798. The predicted molar refractivity (Wildman–Crippen MR) is 63.4 cm³/mol. The van der Waals surface area contributed by atoms with Crippen molar-refractivity contribution in [2.75, 3.05) is 19.6 Å². The summed E-state index contributed by atoms with van der Waals surface area (Å²) in [5, 5.41) is 8.90. The minimum atomic E-state index is -0.624. The standard InChI is InChI=1S/C13H23NO2/c1-11-3-2-7-14(8-4-11)10-13(5-6-13)9-12(15)16/h11H,2-10H2,1H3,(H,15,16). The number of likely N-dealkylation sites (tertiary alicyclic amines) is 1. The van der Waals surface area contributed by atoms with Crippen LogP contribution < -0.4 is 0 Å². The number of nitrogens with zero attached hydrogens (tertiary/aromatic N) is 1. The molecule has 2 fully saturated rings. The summed E-state index contributed by atoms with van der Waals surface area (Å²) in [5.74, 6) is 0.223. The van der Waals surface area contributed by atoms with Gasteiger partial charge in [-0.05, 0) is 56.5 Å². The van der Waals surface area contributed by atoms with Gasteiger partial charge in [-0.15, -0.1) is 0 Å². The average molecular weight is 225 g/mol. The number of carboxylic acids is 1. The molecule has 1 aliphatic carbocycles.